The lowest BCUT2D eigenvalue weighted by Gasteiger charge is -2.06. The number of aryl methyl sites for hydroxylation is 1. The van der Waals surface area contributed by atoms with Crippen LogP contribution in [-0.2, 0) is 4.74 Å². The lowest BCUT2D eigenvalue weighted by atomic mass is 10.1. The Morgan fingerprint density at radius 1 is 1.44 bits per heavy atom. The van der Waals surface area contributed by atoms with E-state index in [0.717, 1.165) is 24.5 Å². The Bertz CT molecular complexity index is 395. The highest BCUT2D eigenvalue weighted by Crippen LogP contribution is 2.18. The topological polar surface area (TPSA) is 21.6 Å². The molecule has 0 N–H and O–H groups in total. The minimum Gasteiger partial charge on any atom is -0.475 e. The summed E-state index contributed by atoms with van der Waals surface area (Å²) in [5, 5.41) is 0. The average Bonchev–Trinajstić information content (AvgIpc) is 2.65. The predicted octanol–water partition coefficient (Wildman–Crippen LogP) is 3.19. The van der Waals surface area contributed by atoms with Crippen LogP contribution in [-0.4, -0.2) is 18.5 Å². The third-order valence-electron chi connectivity index (χ3n) is 2.72. The van der Waals surface area contributed by atoms with Crippen molar-refractivity contribution in [3.63, 3.8) is 0 Å². The summed E-state index contributed by atoms with van der Waals surface area (Å²) >= 11 is 0. The van der Waals surface area contributed by atoms with Gasteiger partial charge in [-0.15, -0.1) is 0 Å². The van der Waals surface area contributed by atoms with E-state index in [1.54, 1.807) is 0 Å². The first-order valence-corrected chi connectivity index (χ1v) is 5.93. The molecule has 1 aromatic rings. The zero-order chi connectivity index (χ0) is 11.5. The molecule has 86 valence electrons. The predicted molar refractivity (Wildman–Crippen MR) is 66.9 cm³/mol. The zero-order valence-corrected chi connectivity index (χ0v) is 10.2. The number of nitrogens with zero attached hydrogens (tertiary/aromatic N) is 1. The summed E-state index contributed by atoms with van der Waals surface area (Å²) < 4.78 is 5.66. The molecule has 0 aliphatic carbocycles. The van der Waals surface area contributed by atoms with Crippen molar-refractivity contribution in [2.24, 2.45) is 10.9 Å². The summed E-state index contributed by atoms with van der Waals surface area (Å²) in [6.07, 6.45) is 1.11. The summed E-state index contributed by atoms with van der Waals surface area (Å²) in [7, 11) is 0. The highest BCUT2D eigenvalue weighted by molar-refractivity contribution is 5.95. The fourth-order valence-electron chi connectivity index (χ4n) is 2.02. The molecule has 0 unspecified atom stereocenters. The number of benzene rings is 1. The molecule has 16 heavy (non-hydrogen) atoms. The summed E-state index contributed by atoms with van der Waals surface area (Å²) in [5.74, 6) is 1.49. The maximum absolute atomic E-state index is 5.66. The average molecular weight is 217 g/mol. The maximum atomic E-state index is 5.66. The van der Waals surface area contributed by atoms with Gasteiger partial charge in [0.25, 0.3) is 0 Å². The van der Waals surface area contributed by atoms with Gasteiger partial charge >= 0.3 is 0 Å². The van der Waals surface area contributed by atoms with E-state index in [2.05, 4.69) is 44.0 Å². The summed E-state index contributed by atoms with van der Waals surface area (Å²) in [6, 6.07) is 8.66. The molecule has 2 rings (SSSR count). The number of hydrogen-bond donors (Lipinski definition) is 0. The maximum Gasteiger partial charge on any atom is 0.216 e. The van der Waals surface area contributed by atoms with Crippen LogP contribution >= 0.6 is 0 Å². The molecular formula is C14H19NO. The standard InChI is InChI=1S/C14H19NO/c1-10(2)7-13-9-16-14(15-13)12-6-4-5-11(3)8-12/h4-6,8,10,13H,7,9H2,1-3H3/t13-/m1/s1. The first kappa shape index (κ1) is 11.2. The van der Waals surface area contributed by atoms with Gasteiger partial charge in [-0.1, -0.05) is 31.5 Å². The second-order valence-corrected chi connectivity index (χ2v) is 4.90. The van der Waals surface area contributed by atoms with E-state index in [9.17, 15) is 0 Å². The van der Waals surface area contributed by atoms with Crippen molar-refractivity contribution >= 4 is 5.90 Å². The van der Waals surface area contributed by atoms with Crippen LogP contribution in [0.15, 0.2) is 29.3 Å². The van der Waals surface area contributed by atoms with Gasteiger partial charge in [0.2, 0.25) is 5.90 Å². The number of ether oxygens (including phenoxy) is 1. The molecule has 2 nitrogen and oxygen atoms in total. The normalized spacial score (nSPS) is 19.8. The number of aliphatic imine (C=N–C) groups is 1. The van der Waals surface area contributed by atoms with Crippen LogP contribution < -0.4 is 0 Å². The minimum atomic E-state index is 0.343. The molecule has 0 bridgehead atoms. The van der Waals surface area contributed by atoms with Crippen LogP contribution in [0, 0.1) is 12.8 Å². The Kier molecular flexibility index (Phi) is 3.28. The number of hydrogen-bond acceptors (Lipinski definition) is 2. The summed E-state index contributed by atoms with van der Waals surface area (Å²) in [4.78, 5) is 4.63. The van der Waals surface area contributed by atoms with Gasteiger partial charge in [0.15, 0.2) is 0 Å². The fraction of sp³-hybridized carbons (Fsp3) is 0.500. The first-order chi connectivity index (χ1) is 7.65. The molecule has 1 heterocycles. The summed E-state index contributed by atoms with van der Waals surface area (Å²) in [6.45, 7) is 7.27. The van der Waals surface area contributed by atoms with Crippen LogP contribution in [0.2, 0.25) is 0 Å². The van der Waals surface area contributed by atoms with E-state index in [-0.39, 0.29) is 0 Å². The molecule has 1 aromatic carbocycles. The van der Waals surface area contributed by atoms with Gasteiger partial charge in [0, 0.05) is 5.56 Å². The van der Waals surface area contributed by atoms with Crippen molar-refractivity contribution in [3.05, 3.63) is 35.4 Å². The SMILES string of the molecule is Cc1cccc(C2=N[C@H](CC(C)C)CO2)c1. The van der Waals surface area contributed by atoms with Gasteiger partial charge in [-0.3, -0.25) is 0 Å². The Morgan fingerprint density at radius 3 is 2.94 bits per heavy atom. The van der Waals surface area contributed by atoms with E-state index in [1.807, 2.05) is 6.07 Å². The van der Waals surface area contributed by atoms with Crippen LogP contribution in [0.4, 0.5) is 0 Å². The van der Waals surface area contributed by atoms with Gasteiger partial charge in [-0.05, 0) is 31.4 Å². The smallest absolute Gasteiger partial charge is 0.216 e. The molecule has 0 saturated carbocycles. The van der Waals surface area contributed by atoms with Gasteiger partial charge in [-0.2, -0.15) is 0 Å². The molecule has 1 aliphatic heterocycles. The Hall–Kier alpha value is -1.31. The molecule has 0 saturated heterocycles. The van der Waals surface area contributed by atoms with Gasteiger partial charge in [0.1, 0.15) is 6.61 Å². The lowest BCUT2D eigenvalue weighted by molar-refractivity contribution is 0.301. The zero-order valence-electron chi connectivity index (χ0n) is 10.2. The largest absolute Gasteiger partial charge is 0.475 e. The first-order valence-electron chi connectivity index (χ1n) is 5.93. The molecule has 1 aliphatic rings. The van der Waals surface area contributed by atoms with Gasteiger partial charge < -0.3 is 4.74 Å². The lowest BCUT2D eigenvalue weighted by Crippen LogP contribution is -2.09. The van der Waals surface area contributed by atoms with Gasteiger partial charge in [0.05, 0.1) is 6.04 Å². The van der Waals surface area contributed by atoms with E-state index in [1.165, 1.54) is 5.56 Å². The minimum absolute atomic E-state index is 0.343. The Balaban J connectivity index is 2.11. The molecular weight excluding hydrogens is 198 g/mol. The van der Waals surface area contributed by atoms with Crippen LogP contribution in [0.1, 0.15) is 31.4 Å². The van der Waals surface area contributed by atoms with Crippen LogP contribution in [0.3, 0.4) is 0 Å². The highest BCUT2D eigenvalue weighted by Gasteiger charge is 2.20. The highest BCUT2D eigenvalue weighted by atomic mass is 16.5. The summed E-state index contributed by atoms with van der Waals surface area (Å²) in [5.41, 5.74) is 2.35. The fourth-order valence-corrected chi connectivity index (χ4v) is 2.02. The Labute approximate surface area is 97.4 Å². The quantitative estimate of drug-likeness (QED) is 0.762. The van der Waals surface area contributed by atoms with E-state index in [0.29, 0.717) is 12.0 Å². The molecule has 0 amide bonds. The van der Waals surface area contributed by atoms with E-state index in [4.69, 9.17) is 4.74 Å². The van der Waals surface area contributed by atoms with Crippen molar-refractivity contribution in [1.82, 2.24) is 0 Å². The second kappa shape index (κ2) is 4.69. The van der Waals surface area contributed by atoms with Crippen molar-refractivity contribution in [2.45, 2.75) is 33.2 Å². The molecule has 1 atom stereocenters. The second-order valence-electron chi connectivity index (χ2n) is 4.90. The third kappa shape index (κ3) is 2.63. The van der Waals surface area contributed by atoms with Crippen molar-refractivity contribution < 1.29 is 4.74 Å². The van der Waals surface area contributed by atoms with Gasteiger partial charge in [-0.25, -0.2) is 4.99 Å². The molecule has 2 heteroatoms. The molecule has 0 spiro atoms. The van der Waals surface area contributed by atoms with Crippen molar-refractivity contribution in [1.29, 1.82) is 0 Å². The number of rotatable bonds is 3. The van der Waals surface area contributed by atoms with E-state index < -0.39 is 0 Å². The monoisotopic (exact) mass is 217 g/mol. The van der Waals surface area contributed by atoms with Crippen molar-refractivity contribution in [2.75, 3.05) is 6.61 Å². The molecule has 0 aromatic heterocycles. The molecule has 0 radical (unpaired) electrons. The molecule has 0 fully saturated rings. The third-order valence-corrected chi connectivity index (χ3v) is 2.72. The van der Waals surface area contributed by atoms with Crippen molar-refractivity contribution in [3.8, 4) is 0 Å². The van der Waals surface area contributed by atoms with E-state index >= 15 is 0 Å². The van der Waals surface area contributed by atoms with Crippen LogP contribution in [0.25, 0.3) is 0 Å². The van der Waals surface area contributed by atoms with Crippen LogP contribution in [0.5, 0.6) is 0 Å². The Morgan fingerprint density at radius 2 is 2.25 bits per heavy atom.